The Kier molecular flexibility index (Phi) is 4.86. The van der Waals surface area contributed by atoms with Crippen molar-refractivity contribution in [1.82, 2.24) is 14.2 Å². The van der Waals surface area contributed by atoms with Crippen LogP contribution in [-0.4, -0.2) is 61.2 Å². The second kappa shape index (κ2) is 6.46. The summed E-state index contributed by atoms with van der Waals surface area (Å²) in [5.41, 5.74) is 5.13. The van der Waals surface area contributed by atoms with E-state index in [1.54, 1.807) is 4.90 Å². The summed E-state index contributed by atoms with van der Waals surface area (Å²) in [5.74, 6) is -1.32. The molecular weight excluding hydrogens is 299 g/mol. The van der Waals surface area contributed by atoms with Crippen LogP contribution in [0.2, 0.25) is 0 Å². The summed E-state index contributed by atoms with van der Waals surface area (Å²) in [6.07, 6.45) is 1.79. The molecule has 1 amide bonds. The molecule has 1 saturated heterocycles. The highest BCUT2D eigenvalue weighted by Crippen LogP contribution is 2.18. The molecule has 0 bridgehead atoms. The van der Waals surface area contributed by atoms with Crippen LogP contribution in [0, 0.1) is 5.82 Å². The fourth-order valence-corrected chi connectivity index (χ4v) is 3.69. The fraction of sp³-hybridized carbons (Fsp3) is 0.500. The molecule has 1 aromatic rings. The van der Waals surface area contributed by atoms with E-state index >= 15 is 0 Å². The van der Waals surface area contributed by atoms with Crippen LogP contribution in [0.1, 0.15) is 6.42 Å². The number of rotatable bonds is 4. The highest BCUT2D eigenvalue weighted by Gasteiger charge is 2.30. The second-order valence-electron chi connectivity index (χ2n) is 4.79. The van der Waals surface area contributed by atoms with Gasteiger partial charge in [0.15, 0.2) is 5.82 Å². The third-order valence-electron chi connectivity index (χ3n) is 3.24. The molecule has 2 heterocycles. The number of amides is 1. The maximum atomic E-state index is 13.7. The van der Waals surface area contributed by atoms with Gasteiger partial charge in [-0.2, -0.15) is 4.31 Å². The summed E-state index contributed by atoms with van der Waals surface area (Å²) in [5, 5.41) is -0.562. The SMILES string of the molecule is NC(=O)CN1CCCN(S(=O)(=O)c2ncccc2F)CC1. The average Bonchev–Trinajstić information content (AvgIpc) is 2.64. The van der Waals surface area contributed by atoms with Crippen LogP contribution in [-0.2, 0) is 14.8 Å². The summed E-state index contributed by atoms with van der Waals surface area (Å²) in [4.78, 5) is 16.3. The summed E-state index contributed by atoms with van der Waals surface area (Å²) in [6.45, 7) is 1.46. The zero-order valence-corrected chi connectivity index (χ0v) is 12.2. The van der Waals surface area contributed by atoms with E-state index in [1.165, 1.54) is 16.6 Å². The number of aromatic nitrogens is 1. The van der Waals surface area contributed by atoms with Crippen LogP contribution >= 0.6 is 0 Å². The van der Waals surface area contributed by atoms with E-state index in [9.17, 15) is 17.6 Å². The number of pyridine rings is 1. The highest BCUT2D eigenvalue weighted by molar-refractivity contribution is 7.89. The first-order valence-corrected chi connectivity index (χ1v) is 7.96. The van der Waals surface area contributed by atoms with Gasteiger partial charge in [-0.1, -0.05) is 0 Å². The number of sulfonamides is 1. The number of primary amides is 1. The van der Waals surface area contributed by atoms with Gasteiger partial charge in [0.25, 0.3) is 10.0 Å². The predicted octanol–water partition coefficient (Wildman–Crippen LogP) is -0.598. The van der Waals surface area contributed by atoms with Gasteiger partial charge in [0.1, 0.15) is 0 Å². The lowest BCUT2D eigenvalue weighted by Gasteiger charge is -2.20. The Morgan fingerprint density at radius 3 is 2.76 bits per heavy atom. The predicted molar refractivity (Wildman–Crippen MR) is 73.2 cm³/mol. The quantitative estimate of drug-likeness (QED) is 0.800. The van der Waals surface area contributed by atoms with E-state index in [0.29, 0.717) is 19.5 Å². The molecule has 21 heavy (non-hydrogen) atoms. The zero-order chi connectivity index (χ0) is 15.5. The molecule has 1 aliphatic rings. The molecule has 0 saturated carbocycles. The van der Waals surface area contributed by atoms with E-state index in [0.717, 1.165) is 6.07 Å². The number of hydrogen-bond donors (Lipinski definition) is 1. The molecule has 2 rings (SSSR count). The van der Waals surface area contributed by atoms with Crippen molar-refractivity contribution in [3.8, 4) is 0 Å². The molecule has 1 aromatic heterocycles. The van der Waals surface area contributed by atoms with E-state index in [1.807, 2.05) is 0 Å². The fourth-order valence-electron chi connectivity index (χ4n) is 2.25. The first-order valence-electron chi connectivity index (χ1n) is 6.52. The normalized spacial score (nSPS) is 18.3. The van der Waals surface area contributed by atoms with Crippen molar-refractivity contribution in [1.29, 1.82) is 0 Å². The maximum absolute atomic E-state index is 13.7. The zero-order valence-electron chi connectivity index (χ0n) is 11.4. The van der Waals surface area contributed by atoms with Crippen molar-refractivity contribution < 1.29 is 17.6 Å². The van der Waals surface area contributed by atoms with Gasteiger partial charge >= 0.3 is 0 Å². The van der Waals surface area contributed by atoms with Crippen molar-refractivity contribution in [2.24, 2.45) is 5.73 Å². The minimum absolute atomic E-state index is 0.0891. The van der Waals surface area contributed by atoms with E-state index in [4.69, 9.17) is 5.73 Å². The Morgan fingerprint density at radius 2 is 2.10 bits per heavy atom. The smallest absolute Gasteiger partial charge is 0.263 e. The van der Waals surface area contributed by atoms with Crippen molar-refractivity contribution in [3.05, 3.63) is 24.1 Å². The molecular formula is C12H17FN4O3S. The first kappa shape index (κ1) is 15.8. The molecule has 7 nitrogen and oxygen atoms in total. The summed E-state index contributed by atoms with van der Waals surface area (Å²) in [7, 11) is -3.96. The van der Waals surface area contributed by atoms with Crippen LogP contribution in [0.15, 0.2) is 23.4 Å². The molecule has 0 aromatic carbocycles. The van der Waals surface area contributed by atoms with E-state index in [2.05, 4.69) is 4.98 Å². The lowest BCUT2D eigenvalue weighted by molar-refractivity contribution is -0.119. The van der Waals surface area contributed by atoms with Crippen molar-refractivity contribution >= 4 is 15.9 Å². The largest absolute Gasteiger partial charge is 0.369 e. The summed E-state index contributed by atoms with van der Waals surface area (Å²) >= 11 is 0. The topological polar surface area (TPSA) is 96.6 Å². The van der Waals surface area contributed by atoms with Crippen LogP contribution < -0.4 is 5.73 Å². The molecule has 0 aliphatic carbocycles. The molecule has 0 unspecified atom stereocenters. The van der Waals surface area contributed by atoms with Crippen LogP contribution in [0.25, 0.3) is 0 Å². The van der Waals surface area contributed by atoms with Gasteiger partial charge in [-0.15, -0.1) is 0 Å². The van der Waals surface area contributed by atoms with Gasteiger partial charge in [-0.05, 0) is 25.1 Å². The number of nitrogens with two attached hydrogens (primary N) is 1. The van der Waals surface area contributed by atoms with Crippen LogP contribution in [0.3, 0.4) is 0 Å². The maximum Gasteiger partial charge on any atom is 0.263 e. The Morgan fingerprint density at radius 1 is 1.33 bits per heavy atom. The lowest BCUT2D eigenvalue weighted by Crippen LogP contribution is -2.38. The van der Waals surface area contributed by atoms with Crippen LogP contribution in [0.4, 0.5) is 4.39 Å². The van der Waals surface area contributed by atoms with Crippen molar-refractivity contribution in [2.75, 3.05) is 32.7 Å². The molecule has 9 heteroatoms. The van der Waals surface area contributed by atoms with Crippen LogP contribution in [0.5, 0.6) is 0 Å². The number of carbonyl (C=O) groups excluding carboxylic acids is 1. The van der Waals surface area contributed by atoms with Gasteiger partial charge in [-0.25, -0.2) is 17.8 Å². The molecule has 2 N–H and O–H groups in total. The standard InChI is InChI=1S/C12H17FN4O3S/c13-10-3-1-4-15-12(10)21(19,20)17-6-2-5-16(7-8-17)9-11(14)18/h1,3-4H,2,5-9H2,(H2,14,18). The monoisotopic (exact) mass is 316 g/mol. The molecule has 0 atom stereocenters. The minimum Gasteiger partial charge on any atom is -0.369 e. The van der Waals surface area contributed by atoms with Gasteiger partial charge in [0.2, 0.25) is 10.9 Å². The van der Waals surface area contributed by atoms with E-state index in [-0.39, 0.29) is 19.6 Å². The third-order valence-corrected chi connectivity index (χ3v) is 5.07. The summed E-state index contributed by atoms with van der Waals surface area (Å²) < 4.78 is 39.7. The number of carbonyl (C=O) groups is 1. The molecule has 1 fully saturated rings. The average molecular weight is 316 g/mol. The van der Waals surface area contributed by atoms with Gasteiger partial charge in [0, 0.05) is 25.8 Å². The number of hydrogen-bond acceptors (Lipinski definition) is 5. The Labute approximate surface area is 122 Å². The third kappa shape index (κ3) is 3.74. The summed E-state index contributed by atoms with van der Waals surface area (Å²) in [6, 6.07) is 2.41. The number of halogens is 1. The van der Waals surface area contributed by atoms with Crippen molar-refractivity contribution in [3.63, 3.8) is 0 Å². The Balaban J connectivity index is 2.15. The lowest BCUT2D eigenvalue weighted by atomic mass is 10.4. The van der Waals surface area contributed by atoms with Gasteiger partial charge in [-0.3, -0.25) is 9.69 Å². The molecule has 116 valence electrons. The highest BCUT2D eigenvalue weighted by atomic mass is 32.2. The minimum atomic E-state index is -3.96. The molecule has 1 aliphatic heterocycles. The Hall–Kier alpha value is -1.58. The number of nitrogens with zero attached hydrogens (tertiary/aromatic N) is 3. The Bertz CT molecular complexity index is 623. The molecule has 0 radical (unpaired) electrons. The second-order valence-corrected chi connectivity index (χ2v) is 6.64. The molecule has 0 spiro atoms. The van der Waals surface area contributed by atoms with E-state index < -0.39 is 26.8 Å². The van der Waals surface area contributed by atoms with Gasteiger partial charge in [0.05, 0.1) is 6.54 Å². The first-order chi connectivity index (χ1) is 9.91. The van der Waals surface area contributed by atoms with Gasteiger partial charge < -0.3 is 5.73 Å². The van der Waals surface area contributed by atoms with Crippen molar-refractivity contribution in [2.45, 2.75) is 11.4 Å².